The molecule has 0 aromatic carbocycles. The Morgan fingerprint density at radius 3 is 3.13 bits per heavy atom. The molecule has 3 rings (SSSR count). The van der Waals surface area contributed by atoms with Crippen molar-refractivity contribution >= 4 is 11.3 Å². The lowest BCUT2D eigenvalue weighted by Gasteiger charge is -2.37. The molecule has 3 heterocycles. The van der Waals surface area contributed by atoms with Gasteiger partial charge in [0, 0.05) is 30.4 Å². The van der Waals surface area contributed by atoms with Gasteiger partial charge in [-0.1, -0.05) is 18.1 Å². The predicted molar refractivity (Wildman–Crippen MR) is 92.6 cm³/mol. The highest BCUT2D eigenvalue weighted by Crippen LogP contribution is 2.18. The van der Waals surface area contributed by atoms with Crippen LogP contribution in [-0.2, 0) is 19.4 Å². The van der Waals surface area contributed by atoms with Gasteiger partial charge >= 0.3 is 0 Å². The molecular weight excluding hydrogens is 308 g/mol. The Bertz CT molecular complexity index is 583. The topological polar surface area (TPSA) is 45.4 Å². The molecule has 1 aliphatic rings. The molecule has 2 aromatic heterocycles. The second-order valence-electron chi connectivity index (χ2n) is 6.30. The number of thiophene rings is 1. The third-order valence-corrected chi connectivity index (χ3v) is 5.51. The van der Waals surface area contributed by atoms with Gasteiger partial charge in [-0.3, -0.25) is 4.90 Å². The molecular formula is C17H26N4OS. The van der Waals surface area contributed by atoms with E-state index in [0.717, 1.165) is 50.7 Å². The Morgan fingerprint density at radius 2 is 2.39 bits per heavy atom. The van der Waals surface area contributed by atoms with Crippen LogP contribution >= 0.6 is 11.3 Å². The van der Waals surface area contributed by atoms with Gasteiger partial charge in [-0.2, -0.15) is 4.98 Å². The molecule has 0 bridgehead atoms. The Morgan fingerprint density at radius 1 is 1.48 bits per heavy atom. The van der Waals surface area contributed by atoms with E-state index in [0.29, 0.717) is 6.04 Å². The fourth-order valence-corrected chi connectivity index (χ4v) is 3.85. The van der Waals surface area contributed by atoms with Crippen molar-refractivity contribution in [3.8, 4) is 0 Å². The molecule has 0 spiro atoms. The molecule has 1 aliphatic heterocycles. The van der Waals surface area contributed by atoms with E-state index in [1.165, 1.54) is 17.7 Å². The summed E-state index contributed by atoms with van der Waals surface area (Å²) in [5, 5.41) is 6.24. The molecule has 6 heteroatoms. The van der Waals surface area contributed by atoms with E-state index >= 15 is 0 Å². The molecule has 1 atom stereocenters. The number of likely N-dealkylation sites (tertiary alicyclic amines) is 1. The van der Waals surface area contributed by atoms with Gasteiger partial charge in [0.05, 0.1) is 6.54 Å². The maximum absolute atomic E-state index is 5.21. The van der Waals surface area contributed by atoms with Crippen LogP contribution in [0.3, 0.4) is 0 Å². The van der Waals surface area contributed by atoms with Gasteiger partial charge in [-0.25, -0.2) is 0 Å². The minimum absolute atomic E-state index is 0.626. The van der Waals surface area contributed by atoms with E-state index in [9.17, 15) is 0 Å². The molecule has 5 nitrogen and oxygen atoms in total. The number of aryl methyl sites for hydroxylation is 1. The number of piperidine rings is 1. The van der Waals surface area contributed by atoms with E-state index < -0.39 is 0 Å². The molecule has 126 valence electrons. The molecule has 1 fully saturated rings. The number of nitrogens with zero attached hydrogens (tertiary/aromatic N) is 4. The fourth-order valence-electron chi connectivity index (χ4n) is 3.16. The summed E-state index contributed by atoms with van der Waals surface area (Å²) >= 11 is 1.85. The first kappa shape index (κ1) is 16.6. The smallest absolute Gasteiger partial charge is 0.226 e. The van der Waals surface area contributed by atoms with Crippen molar-refractivity contribution < 1.29 is 4.52 Å². The summed E-state index contributed by atoms with van der Waals surface area (Å²) in [6.07, 6.45) is 4.48. The lowest BCUT2D eigenvalue weighted by atomic mass is 10.0. The van der Waals surface area contributed by atoms with Crippen LogP contribution in [0.25, 0.3) is 0 Å². The molecule has 1 unspecified atom stereocenters. The van der Waals surface area contributed by atoms with E-state index in [1.807, 2.05) is 18.3 Å². The zero-order valence-corrected chi connectivity index (χ0v) is 14.9. The maximum atomic E-state index is 5.21. The third-order valence-electron chi connectivity index (χ3n) is 4.57. The summed E-state index contributed by atoms with van der Waals surface area (Å²) < 4.78 is 5.21. The largest absolute Gasteiger partial charge is 0.339 e. The van der Waals surface area contributed by atoms with E-state index in [2.05, 4.69) is 44.5 Å². The zero-order chi connectivity index (χ0) is 16.1. The molecule has 0 N–H and O–H groups in total. The Balaban J connectivity index is 1.48. The van der Waals surface area contributed by atoms with Crippen molar-refractivity contribution in [1.29, 1.82) is 0 Å². The first-order chi connectivity index (χ1) is 11.2. The first-order valence-corrected chi connectivity index (χ1v) is 9.39. The number of hydrogen-bond donors (Lipinski definition) is 0. The highest BCUT2D eigenvalue weighted by molar-refractivity contribution is 7.09. The Kier molecular flexibility index (Phi) is 5.80. The zero-order valence-electron chi connectivity index (χ0n) is 14.1. The minimum Gasteiger partial charge on any atom is -0.339 e. The van der Waals surface area contributed by atoms with Crippen LogP contribution < -0.4 is 0 Å². The van der Waals surface area contributed by atoms with Gasteiger partial charge in [0.15, 0.2) is 5.82 Å². The van der Waals surface area contributed by atoms with Crippen LogP contribution in [0.5, 0.6) is 0 Å². The molecule has 0 radical (unpaired) electrons. The van der Waals surface area contributed by atoms with Crippen molar-refractivity contribution in [2.45, 2.75) is 45.2 Å². The third kappa shape index (κ3) is 4.62. The van der Waals surface area contributed by atoms with Crippen LogP contribution in [0.2, 0.25) is 0 Å². The van der Waals surface area contributed by atoms with E-state index in [1.54, 1.807) is 0 Å². The predicted octanol–water partition coefficient (Wildman–Crippen LogP) is 2.83. The Labute approximate surface area is 142 Å². The van der Waals surface area contributed by atoms with Crippen LogP contribution in [-0.4, -0.2) is 52.7 Å². The minimum atomic E-state index is 0.626. The van der Waals surface area contributed by atoms with Crippen molar-refractivity contribution in [2.75, 3.05) is 26.7 Å². The van der Waals surface area contributed by atoms with Gasteiger partial charge < -0.3 is 9.42 Å². The molecule has 0 aliphatic carbocycles. The Hall–Kier alpha value is -1.24. The lowest BCUT2D eigenvalue weighted by Crippen LogP contribution is -2.46. The van der Waals surface area contributed by atoms with E-state index in [-0.39, 0.29) is 0 Å². The first-order valence-electron chi connectivity index (χ1n) is 8.51. The van der Waals surface area contributed by atoms with Gasteiger partial charge in [0.25, 0.3) is 0 Å². The van der Waals surface area contributed by atoms with E-state index in [4.69, 9.17) is 4.52 Å². The van der Waals surface area contributed by atoms with Crippen LogP contribution in [0.15, 0.2) is 22.0 Å². The molecule has 23 heavy (non-hydrogen) atoms. The van der Waals surface area contributed by atoms with Crippen molar-refractivity contribution in [1.82, 2.24) is 19.9 Å². The van der Waals surface area contributed by atoms with Crippen molar-refractivity contribution in [2.24, 2.45) is 0 Å². The van der Waals surface area contributed by atoms with Crippen molar-refractivity contribution in [3.63, 3.8) is 0 Å². The van der Waals surface area contributed by atoms with Gasteiger partial charge in [0.2, 0.25) is 5.89 Å². The molecule has 0 saturated carbocycles. The summed E-state index contributed by atoms with van der Waals surface area (Å²) in [5.74, 6) is 1.56. The lowest BCUT2D eigenvalue weighted by molar-refractivity contribution is 0.110. The fraction of sp³-hybridized carbons (Fsp3) is 0.647. The highest BCUT2D eigenvalue weighted by Gasteiger charge is 2.24. The summed E-state index contributed by atoms with van der Waals surface area (Å²) in [7, 11) is 2.26. The summed E-state index contributed by atoms with van der Waals surface area (Å²) in [5.41, 5.74) is 0. The number of rotatable bonds is 7. The maximum Gasteiger partial charge on any atom is 0.226 e. The van der Waals surface area contributed by atoms with Crippen LogP contribution in [0, 0.1) is 0 Å². The monoisotopic (exact) mass is 334 g/mol. The molecule has 2 aromatic rings. The van der Waals surface area contributed by atoms with Crippen LogP contribution in [0.1, 0.15) is 36.4 Å². The number of hydrogen-bond acceptors (Lipinski definition) is 6. The highest BCUT2D eigenvalue weighted by atomic mass is 32.1. The SMILES string of the molecule is CCc1nc(CN2CCCC(N(C)CCc3cccs3)C2)no1. The standard InChI is InChI=1S/C17H26N4OS/c1-3-17-18-16(19-22-17)13-21-9-4-6-14(12-21)20(2)10-8-15-7-5-11-23-15/h5,7,11,14H,3-4,6,8-10,12-13H2,1-2H3. The normalized spacial score (nSPS) is 19.5. The quantitative estimate of drug-likeness (QED) is 0.779. The van der Waals surface area contributed by atoms with Gasteiger partial charge in [-0.15, -0.1) is 11.3 Å². The van der Waals surface area contributed by atoms with Crippen molar-refractivity contribution in [3.05, 3.63) is 34.1 Å². The summed E-state index contributed by atoms with van der Waals surface area (Å²) in [4.78, 5) is 10.9. The second kappa shape index (κ2) is 8.04. The number of aromatic nitrogens is 2. The average molecular weight is 334 g/mol. The number of likely N-dealkylation sites (N-methyl/N-ethyl adjacent to an activating group) is 1. The molecule has 0 amide bonds. The second-order valence-corrected chi connectivity index (χ2v) is 7.33. The molecule has 1 saturated heterocycles. The summed E-state index contributed by atoms with van der Waals surface area (Å²) in [6, 6.07) is 4.99. The average Bonchev–Trinajstić information content (AvgIpc) is 3.24. The van der Waals surface area contributed by atoms with Gasteiger partial charge in [0.1, 0.15) is 0 Å². The summed E-state index contributed by atoms with van der Waals surface area (Å²) in [6.45, 7) is 6.19. The van der Waals surface area contributed by atoms with Gasteiger partial charge in [-0.05, 0) is 44.3 Å². The van der Waals surface area contributed by atoms with Crippen LogP contribution in [0.4, 0.5) is 0 Å².